The van der Waals surface area contributed by atoms with Gasteiger partial charge in [0.25, 0.3) is 5.91 Å². The molecule has 1 aromatic heterocycles. The van der Waals surface area contributed by atoms with Gasteiger partial charge in [0.05, 0.1) is 0 Å². The predicted molar refractivity (Wildman–Crippen MR) is 69.7 cm³/mol. The minimum absolute atomic E-state index is 0.0209. The Balaban J connectivity index is 2.66. The number of halogens is 1. The Hall–Kier alpha value is -0.770. The zero-order valence-electron chi connectivity index (χ0n) is 9.92. The molecule has 1 amide bonds. The Morgan fingerprint density at radius 2 is 2.19 bits per heavy atom. The average molecular weight is 287 g/mol. The minimum atomic E-state index is 0.0209. The third-order valence-corrected chi connectivity index (χ3v) is 2.81. The third-order valence-electron chi connectivity index (χ3n) is 2.38. The SMILES string of the molecule is CCCCNC(=O)c1cc(Br)cn1CCC. The largest absolute Gasteiger partial charge is 0.351 e. The van der Waals surface area contributed by atoms with Gasteiger partial charge in [0, 0.05) is 23.8 Å². The molecule has 1 heterocycles. The number of unbranched alkanes of at least 4 members (excludes halogenated alkanes) is 1. The Morgan fingerprint density at radius 1 is 1.44 bits per heavy atom. The van der Waals surface area contributed by atoms with Crippen LogP contribution in [0.4, 0.5) is 0 Å². The lowest BCUT2D eigenvalue weighted by Gasteiger charge is -2.08. The number of hydrogen-bond donors (Lipinski definition) is 1. The molecule has 3 nitrogen and oxygen atoms in total. The van der Waals surface area contributed by atoms with Crippen LogP contribution in [0.1, 0.15) is 43.6 Å². The number of carbonyl (C=O) groups is 1. The van der Waals surface area contributed by atoms with Crippen molar-refractivity contribution >= 4 is 21.8 Å². The summed E-state index contributed by atoms with van der Waals surface area (Å²) in [6, 6.07) is 1.87. The maximum absolute atomic E-state index is 11.9. The van der Waals surface area contributed by atoms with Gasteiger partial charge < -0.3 is 9.88 Å². The van der Waals surface area contributed by atoms with Gasteiger partial charge in [0.15, 0.2) is 0 Å². The lowest BCUT2D eigenvalue weighted by atomic mass is 10.3. The predicted octanol–water partition coefficient (Wildman–Crippen LogP) is 3.19. The molecule has 0 aliphatic heterocycles. The van der Waals surface area contributed by atoms with E-state index in [4.69, 9.17) is 0 Å². The number of hydrogen-bond acceptors (Lipinski definition) is 1. The zero-order valence-corrected chi connectivity index (χ0v) is 11.5. The number of rotatable bonds is 6. The van der Waals surface area contributed by atoms with Gasteiger partial charge in [-0.25, -0.2) is 0 Å². The van der Waals surface area contributed by atoms with Gasteiger partial charge in [0.1, 0.15) is 5.69 Å². The highest BCUT2D eigenvalue weighted by molar-refractivity contribution is 9.10. The molecule has 0 fully saturated rings. The van der Waals surface area contributed by atoms with E-state index in [1.54, 1.807) is 0 Å². The second-order valence-corrected chi connectivity index (χ2v) is 4.76. The Bertz CT molecular complexity index is 347. The summed E-state index contributed by atoms with van der Waals surface area (Å²) < 4.78 is 2.95. The Kier molecular flexibility index (Phi) is 5.60. The number of aromatic nitrogens is 1. The average Bonchev–Trinajstić information content (AvgIpc) is 2.60. The summed E-state index contributed by atoms with van der Waals surface area (Å²) in [4.78, 5) is 11.9. The molecule has 0 aromatic carbocycles. The molecule has 90 valence electrons. The highest BCUT2D eigenvalue weighted by atomic mass is 79.9. The summed E-state index contributed by atoms with van der Waals surface area (Å²) in [5.41, 5.74) is 0.741. The quantitative estimate of drug-likeness (QED) is 0.801. The van der Waals surface area contributed by atoms with Gasteiger partial charge in [-0.05, 0) is 34.8 Å². The summed E-state index contributed by atoms with van der Waals surface area (Å²) in [5.74, 6) is 0.0209. The molecule has 0 saturated carbocycles. The molecule has 0 spiro atoms. The van der Waals surface area contributed by atoms with Crippen molar-refractivity contribution in [2.24, 2.45) is 0 Å². The molecule has 0 unspecified atom stereocenters. The maximum atomic E-state index is 11.9. The monoisotopic (exact) mass is 286 g/mol. The van der Waals surface area contributed by atoms with E-state index in [-0.39, 0.29) is 5.91 Å². The van der Waals surface area contributed by atoms with Crippen molar-refractivity contribution in [3.8, 4) is 0 Å². The summed E-state index contributed by atoms with van der Waals surface area (Å²) in [5, 5.41) is 2.93. The summed E-state index contributed by atoms with van der Waals surface area (Å²) in [6.07, 6.45) is 5.11. The van der Waals surface area contributed by atoms with Crippen molar-refractivity contribution < 1.29 is 4.79 Å². The highest BCUT2D eigenvalue weighted by Crippen LogP contribution is 2.15. The molecular weight excluding hydrogens is 268 g/mol. The lowest BCUT2D eigenvalue weighted by Crippen LogP contribution is -2.26. The molecule has 1 aromatic rings. The number of carbonyl (C=O) groups excluding carboxylic acids is 1. The summed E-state index contributed by atoms with van der Waals surface area (Å²) >= 11 is 3.40. The number of amides is 1. The first-order chi connectivity index (χ1) is 7.69. The lowest BCUT2D eigenvalue weighted by molar-refractivity contribution is 0.0944. The van der Waals surface area contributed by atoms with E-state index in [1.807, 2.05) is 16.8 Å². The van der Waals surface area contributed by atoms with E-state index in [0.29, 0.717) is 0 Å². The first kappa shape index (κ1) is 13.3. The van der Waals surface area contributed by atoms with Gasteiger partial charge in [-0.15, -0.1) is 0 Å². The molecule has 0 atom stereocenters. The molecule has 0 radical (unpaired) electrons. The molecule has 0 aliphatic rings. The zero-order chi connectivity index (χ0) is 12.0. The van der Waals surface area contributed by atoms with Crippen LogP contribution < -0.4 is 5.32 Å². The fourth-order valence-electron chi connectivity index (χ4n) is 1.56. The Labute approximate surface area is 105 Å². The van der Waals surface area contributed by atoms with Crippen LogP contribution in [0.25, 0.3) is 0 Å². The number of aryl methyl sites for hydroxylation is 1. The van der Waals surface area contributed by atoms with Crippen molar-refractivity contribution in [3.05, 3.63) is 22.4 Å². The molecule has 0 aliphatic carbocycles. The maximum Gasteiger partial charge on any atom is 0.267 e. The van der Waals surface area contributed by atoms with Crippen molar-refractivity contribution in [3.63, 3.8) is 0 Å². The van der Waals surface area contributed by atoms with Crippen LogP contribution in [0.5, 0.6) is 0 Å². The van der Waals surface area contributed by atoms with Crippen LogP contribution in [0.2, 0.25) is 0 Å². The highest BCUT2D eigenvalue weighted by Gasteiger charge is 2.11. The van der Waals surface area contributed by atoms with Crippen LogP contribution in [0.3, 0.4) is 0 Å². The first-order valence-corrected chi connectivity index (χ1v) is 6.62. The van der Waals surface area contributed by atoms with Crippen LogP contribution >= 0.6 is 15.9 Å². The molecule has 1 N–H and O–H groups in total. The van der Waals surface area contributed by atoms with E-state index in [0.717, 1.165) is 42.5 Å². The second-order valence-electron chi connectivity index (χ2n) is 3.85. The van der Waals surface area contributed by atoms with E-state index in [2.05, 4.69) is 35.1 Å². The van der Waals surface area contributed by atoms with E-state index < -0.39 is 0 Å². The van der Waals surface area contributed by atoms with Crippen molar-refractivity contribution in [2.75, 3.05) is 6.54 Å². The van der Waals surface area contributed by atoms with E-state index in [9.17, 15) is 4.79 Å². The topological polar surface area (TPSA) is 34.0 Å². The summed E-state index contributed by atoms with van der Waals surface area (Å²) in [7, 11) is 0. The van der Waals surface area contributed by atoms with Gasteiger partial charge in [0.2, 0.25) is 0 Å². The second kappa shape index (κ2) is 6.74. The molecule has 16 heavy (non-hydrogen) atoms. The van der Waals surface area contributed by atoms with Crippen molar-refractivity contribution in [2.45, 2.75) is 39.7 Å². The van der Waals surface area contributed by atoms with Gasteiger partial charge in [-0.3, -0.25) is 4.79 Å². The molecule has 0 bridgehead atoms. The van der Waals surface area contributed by atoms with Crippen LogP contribution in [-0.2, 0) is 6.54 Å². The first-order valence-electron chi connectivity index (χ1n) is 5.82. The normalized spacial score (nSPS) is 10.4. The van der Waals surface area contributed by atoms with E-state index >= 15 is 0 Å². The number of nitrogens with zero attached hydrogens (tertiary/aromatic N) is 1. The summed E-state index contributed by atoms with van der Waals surface area (Å²) in [6.45, 7) is 5.85. The number of nitrogens with one attached hydrogen (secondary N) is 1. The fourth-order valence-corrected chi connectivity index (χ4v) is 2.02. The molecule has 0 saturated heterocycles. The fraction of sp³-hybridized carbons (Fsp3) is 0.583. The smallest absolute Gasteiger partial charge is 0.267 e. The van der Waals surface area contributed by atoms with E-state index in [1.165, 1.54) is 0 Å². The van der Waals surface area contributed by atoms with Crippen molar-refractivity contribution in [1.82, 2.24) is 9.88 Å². The molecule has 4 heteroatoms. The van der Waals surface area contributed by atoms with Gasteiger partial charge in [-0.1, -0.05) is 20.3 Å². The van der Waals surface area contributed by atoms with Gasteiger partial charge >= 0.3 is 0 Å². The van der Waals surface area contributed by atoms with Crippen LogP contribution in [-0.4, -0.2) is 17.0 Å². The Morgan fingerprint density at radius 3 is 2.81 bits per heavy atom. The molecular formula is C12H19BrN2O. The minimum Gasteiger partial charge on any atom is -0.351 e. The van der Waals surface area contributed by atoms with Crippen molar-refractivity contribution in [1.29, 1.82) is 0 Å². The molecule has 1 rings (SSSR count). The van der Waals surface area contributed by atoms with Crippen LogP contribution in [0.15, 0.2) is 16.7 Å². The standard InChI is InChI=1S/C12H19BrN2O/c1-3-5-6-14-12(16)11-8-10(13)9-15(11)7-4-2/h8-9H,3-7H2,1-2H3,(H,14,16). The van der Waals surface area contributed by atoms with Crippen LogP contribution in [0, 0.1) is 0 Å². The van der Waals surface area contributed by atoms with Gasteiger partial charge in [-0.2, -0.15) is 0 Å². The third kappa shape index (κ3) is 3.67.